The summed E-state index contributed by atoms with van der Waals surface area (Å²) in [5.41, 5.74) is 0.629. The van der Waals surface area contributed by atoms with Crippen LogP contribution in [0.15, 0.2) is 24.3 Å². The number of rotatable bonds is 3. The normalized spacial score (nSPS) is 22.0. The van der Waals surface area contributed by atoms with Gasteiger partial charge in [0.15, 0.2) is 0 Å². The number of piperidine rings is 1. The van der Waals surface area contributed by atoms with E-state index in [0.717, 1.165) is 0 Å². The fourth-order valence-electron chi connectivity index (χ4n) is 3.38. The van der Waals surface area contributed by atoms with Crippen molar-refractivity contribution in [2.45, 2.75) is 19.3 Å². The summed E-state index contributed by atoms with van der Waals surface area (Å²) in [4.78, 5) is 39.2. The first-order valence-corrected chi connectivity index (χ1v) is 8.41. The summed E-state index contributed by atoms with van der Waals surface area (Å²) in [6.07, 6.45) is 1.11. The largest absolute Gasteiger partial charge is 0.481 e. The van der Waals surface area contributed by atoms with Gasteiger partial charge in [0, 0.05) is 26.1 Å². The third-order valence-electron chi connectivity index (χ3n) is 4.77. The van der Waals surface area contributed by atoms with Crippen LogP contribution in [0.3, 0.4) is 0 Å². The molecule has 128 valence electrons. The van der Waals surface area contributed by atoms with E-state index >= 15 is 0 Å². The van der Waals surface area contributed by atoms with Gasteiger partial charge in [-0.05, 0) is 25.0 Å². The van der Waals surface area contributed by atoms with Crippen LogP contribution in [0.2, 0.25) is 5.02 Å². The number of carboxylic acid groups (broad SMARTS) is 1. The Morgan fingerprint density at radius 2 is 1.79 bits per heavy atom. The lowest BCUT2D eigenvalue weighted by molar-refractivity contribution is -0.146. The fraction of sp³-hybridized carbons (Fsp3) is 0.471. The van der Waals surface area contributed by atoms with Crippen molar-refractivity contribution in [3.05, 3.63) is 29.3 Å². The summed E-state index contributed by atoms with van der Waals surface area (Å²) in [5.74, 6) is -1.75. The van der Waals surface area contributed by atoms with Crippen LogP contribution in [0.5, 0.6) is 0 Å². The molecule has 1 N–H and O–H groups in total. The average molecular weight is 351 g/mol. The van der Waals surface area contributed by atoms with E-state index in [1.807, 2.05) is 0 Å². The molecular formula is C17H19ClN2O4. The van der Waals surface area contributed by atoms with E-state index in [4.69, 9.17) is 16.7 Å². The van der Waals surface area contributed by atoms with Crippen molar-refractivity contribution in [1.82, 2.24) is 4.90 Å². The molecule has 2 amide bonds. The molecule has 2 aliphatic heterocycles. The molecule has 2 fully saturated rings. The Morgan fingerprint density at radius 3 is 2.42 bits per heavy atom. The molecule has 2 aliphatic rings. The van der Waals surface area contributed by atoms with Crippen LogP contribution in [-0.4, -0.2) is 47.4 Å². The first-order valence-electron chi connectivity index (χ1n) is 8.04. The summed E-state index contributed by atoms with van der Waals surface area (Å²) in [6, 6.07) is 7.09. The van der Waals surface area contributed by atoms with Crippen LogP contribution in [0.4, 0.5) is 5.69 Å². The van der Waals surface area contributed by atoms with E-state index in [2.05, 4.69) is 0 Å². The van der Waals surface area contributed by atoms with Gasteiger partial charge in [-0.25, -0.2) is 0 Å². The van der Waals surface area contributed by atoms with Gasteiger partial charge in [-0.3, -0.25) is 14.4 Å². The highest BCUT2D eigenvalue weighted by molar-refractivity contribution is 6.33. The smallest absolute Gasteiger partial charge is 0.306 e. The number of likely N-dealkylation sites (tertiary alicyclic amines) is 1. The van der Waals surface area contributed by atoms with Crippen LogP contribution in [0, 0.1) is 11.8 Å². The Hall–Kier alpha value is -2.08. The van der Waals surface area contributed by atoms with Gasteiger partial charge >= 0.3 is 5.97 Å². The number of anilines is 1. The molecular weight excluding hydrogens is 332 g/mol. The minimum absolute atomic E-state index is 0.0678. The first kappa shape index (κ1) is 16.8. The third-order valence-corrected chi connectivity index (χ3v) is 5.09. The Morgan fingerprint density at radius 1 is 1.12 bits per heavy atom. The van der Waals surface area contributed by atoms with Crippen LogP contribution in [0.25, 0.3) is 0 Å². The number of aliphatic carboxylic acids is 1. The molecule has 0 aromatic heterocycles. The van der Waals surface area contributed by atoms with E-state index < -0.39 is 11.9 Å². The number of carboxylic acids is 1. The molecule has 1 atom stereocenters. The molecule has 2 heterocycles. The van der Waals surface area contributed by atoms with E-state index in [1.165, 1.54) is 0 Å². The van der Waals surface area contributed by atoms with E-state index in [0.29, 0.717) is 43.2 Å². The number of hydrogen-bond donors (Lipinski definition) is 1. The van der Waals surface area contributed by atoms with Crippen LogP contribution in [0.1, 0.15) is 19.3 Å². The van der Waals surface area contributed by atoms with Crippen LogP contribution >= 0.6 is 11.6 Å². The summed E-state index contributed by atoms with van der Waals surface area (Å²) >= 11 is 6.15. The fourth-order valence-corrected chi connectivity index (χ4v) is 3.62. The SMILES string of the molecule is O=C(O)C1CCN(C(=O)[C@@H]2CC(=O)N(c3ccccc3Cl)C2)CC1. The van der Waals surface area contributed by atoms with E-state index in [-0.39, 0.29) is 24.2 Å². The molecule has 1 aromatic carbocycles. The topological polar surface area (TPSA) is 77.9 Å². The second-order valence-corrected chi connectivity index (χ2v) is 6.70. The molecule has 0 aliphatic carbocycles. The molecule has 3 rings (SSSR count). The van der Waals surface area contributed by atoms with E-state index in [9.17, 15) is 14.4 Å². The maximum absolute atomic E-state index is 12.7. The Labute approximate surface area is 145 Å². The maximum Gasteiger partial charge on any atom is 0.306 e. The number of halogens is 1. The number of nitrogens with zero attached hydrogens (tertiary/aromatic N) is 2. The molecule has 7 heteroatoms. The molecule has 24 heavy (non-hydrogen) atoms. The van der Waals surface area contributed by atoms with Crippen molar-refractivity contribution < 1.29 is 19.5 Å². The van der Waals surface area contributed by atoms with Crippen molar-refractivity contribution in [2.24, 2.45) is 11.8 Å². The number of amides is 2. The van der Waals surface area contributed by atoms with Gasteiger partial charge in [0.2, 0.25) is 11.8 Å². The molecule has 0 bridgehead atoms. The lowest BCUT2D eigenvalue weighted by atomic mass is 9.95. The minimum Gasteiger partial charge on any atom is -0.481 e. The van der Waals surface area contributed by atoms with Crippen molar-refractivity contribution >= 4 is 35.1 Å². The van der Waals surface area contributed by atoms with Gasteiger partial charge < -0.3 is 14.9 Å². The number of carbonyl (C=O) groups excluding carboxylic acids is 2. The molecule has 0 radical (unpaired) electrons. The zero-order valence-electron chi connectivity index (χ0n) is 13.2. The Balaban J connectivity index is 1.65. The van der Waals surface area contributed by atoms with Crippen LogP contribution < -0.4 is 4.90 Å². The van der Waals surface area contributed by atoms with Crippen LogP contribution in [-0.2, 0) is 14.4 Å². The predicted molar refractivity (Wildman–Crippen MR) is 88.9 cm³/mol. The molecule has 6 nitrogen and oxygen atoms in total. The number of carbonyl (C=O) groups is 3. The number of benzene rings is 1. The third kappa shape index (κ3) is 3.24. The number of para-hydroxylation sites is 1. The highest BCUT2D eigenvalue weighted by atomic mass is 35.5. The van der Waals surface area contributed by atoms with Crippen molar-refractivity contribution in [3.8, 4) is 0 Å². The van der Waals surface area contributed by atoms with E-state index in [1.54, 1.807) is 34.1 Å². The monoisotopic (exact) mass is 350 g/mol. The maximum atomic E-state index is 12.7. The highest BCUT2D eigenvalue weighted by Gasteiger charge is 2.39. The van der Waals surface area contributed by atoms with Crippen molar-refractivity contribution in [3.63, 3.8) is 0 Å². The molecule has 0 spiro atoms. The second kappa shape index (κ2) is 6.81. The summed E-state index contributed by atoms with van der Waals surface area (Å²) in [5, 5.41) is 9.52. The molecule has 2 saturated heterocycles. The second-order valence-electron chi connectivity index (χ2n) is 6.29. The minimum atomic E-state index is -0.803. The molecule has 0 unspecified atom stereocenters. The zero-order chi connectivity index (χ0) is 17.3. The van der Waals surface area contributed by atoms with Gasteiger partial charge in [0.05, 0.1) is 22.5 Å². The lowest BCUT2D eigenvalue weighted by Crippen LogP contribution is -2.43. The van der Waals surface area contributed by atoms with Gasteiger partial charge in [-0.2, -0.15) is 0 Å². The highest BCUT2D eigenvalue weighted by Crippen LogP contribution is 2.32. The van der Waals surface area contributed by atoms with Crippen molar-refractivity contribution in [2.75, 3.05) is 24.5 Å². The van der Waals surface area contributed by atoms with Gasteiger partial charge in [0.25, 0.3) is 0 Å². The first-order chi connectivity index (χ1) is 11.5. The standard InChI is InChI=1S/C17H19ClN2O4/c18-13-3-1-2-4-14(13)20-10-12(9-15(20)21)16(22)19-7-5-11(6-8-19)17(23)24/h1-4,11-12H,5-10H2,(H,23,24)/t12-/m1/s1. The molecule has 0 saturated carbocycles. The Bertz CT molecular complexity index is 670. The summed E-state index contributed by atoms with van der Waals surface area (Å²) in [7, 11) is 0. The van der Waals surface area contributed by atoms with Gasteiger partial charge in [0.1, 0.15) is 0 Å². The lowest BCUT2D eigenvalue weighted by Gasteiger charge is -2.31. The average Bonchev–Trinajstić information content (AvgIpc) is 2.96. The van der Waals surface area contributed by atoms with Gasteiger partial charge in [-0.15, -0.1) is 0 Å². The van der Waals surface area contributed by atoms with Crippen molar-refractivity contribution in [1.29, 1.82) is 0 Å². The Kier molecular flexibility index (Phi) is 4.76. The quantitative estimate of drug-likeness (QED) is 0.904. The molecule has 1 aromatic rings. The summed E-state index contributed by atoms with van der Waals surface area (Å²) in [6.45, 7) is 1.19. The zero-order valence-corrected chi connectivity index (χ0v) is 13.9. The van der Waals surface area contributed by atoms with Gasteiger partial charge in [-0.1, -0.05) is 23.7 Å². The predicted octanol–water partition coefficient (Wildman–Crippen LogP) is 2.02. The summed E-state index contributed by atoms with van der Waals surface area (Å²) < 4.78 is 0. The number of hydrogen-bond acceptors (Lipinski definition) is 3.